The number of nitrogens with one attached hydrogen (secondary N) is 1. The minimum atomic E-state index is -3.84. The summed E-state index contributed by atoms with van der Waals surface area (Å²) in [5.74, 6) is 0.820. The van der Waals surface area contributed by atoms with Gasteiger partial charge in [-0.2, -0.15) is 5.10 Å². The van der Waals surface area contributed by atoms with Gasteiger partial charge >= 0.3 is 0 Å². The second-order valence-corrected chi connectivity index (χ2v) is 7.73. The van der Waals surface area contributed by atoms with Gasteiger partial charge in [-0.25, -0.2) is 8.42 Å². The second-order valence-electron chi connectivity index (χ2n) is 5.44. The van der Waals surface area contributed by atoms with Crippen LogP contribution in [0.3, 0.4) is 0 Å². The van der Waals surface area contributed by atoms with Crippen LogP contribution < -0.4 is 15.4 Å². The number of aromatic amines is 1. The summed E-state index contributed by atoms with van der Waals surface area (Å²) in [4.78, 5) is 1.71. The van der Waals surface area contributed by atoms with E-state index < -0.39 is 9.84 Å². The number of aromatic nitrogens is 2. The van der Waals surface area contributed by atoms with Gasteiger partial charge in [0, 0.05) is 11.1 Å². The van der Waals surface area contributed by atoms with E-state index in [1.165, 1.54) is 6.07 Å². The molecule has 128 valence electrons. The molecule has 3 aromatic rings. The highest BCUT2D eigenvalue weighted by atomic mass is 35.5. The molecule has 1 aliphatic heterocycles. The van der Waals surface area contributed by atoms with Crippen LogP contribution in [-0.4, -0.2) is 25.7 Å². The monoisotopic (exact) mass is 376 g/mol. The molecule has 25 heavy (non-hydrogen) atoms. The zero-order chi connectivity index (χ0) is 17.8. The average molecular weight is 377 g/mol. The first kappa shape index (κ1) is 15.8. The molecule has 0 atom stereocenters. The zero-order valence-electron chi connectivity index (χ0n) is 13.0. The van der Waals surface area contributed by atoms with Gasteiger partial charge in [0.15, 0.2) is 10.7 Å². The van der Waals surface area contributed by atoms with Crippen molar-refractivity contribution in [2.75, 3.05) is 17.7 Å². The van der Waals surface area contributed by atoms with Crippen molar-refractivity contribution in [1.82, 2.24) is 10.2 Å². The molecule has 3 N–H and O–H groups in total. The lowest BCUT2D eigenvalue weighted by Crippen LogP contribution is -2.22. The van der Waals surface area contributed by atoms with Crippen molar-refractivity contribution >= 4 is 44.4 Å². The smallest absolute Gasteiger partial charge is 0.216 e. The van der Waals surface area contributed by atoms with Gasteiger partial charge < -0.3 is 10.5 Å². The topological polar surface area (TPSA) is 101 Å². The highest BCUT2D eigenvalue weighted by Crippen LogP contribution is 2.49. The van der Waals surface area contributed by atoms with E-state index in [2.05, 4.69) is 10.2 Å². The van der Waals surface area contributed by atoms with Gasteiger partial charge in [0.2, 0.25) is 9.84 Å². The van der Waals surface area contributed by atoms with Gasteiger partial charge in [-0.1, -0.05) is 17.7 Å². The molecule has 0 saturated carbocycles. The van der Waals surface area contributed by atoms with E-state index in [4.69, 9.17) is 22.1 Å². The molecule has 0 bridgehead atoms. The number of sulfone groups is 1. The number of rotatable bonds is 2. The Balaban J connectivity index is 2.06. The lowest BCUT2D eigenvalue weighted by molar-refractivity contribution is 0.415. The van der Waals surface area contributed by atoms with Crippen LogP contribution in [0.1, 0.15) is 0 Å². The molecule has 4 rings (SSSR count). The number of H-pyrrole nitrogens is 1. The van der Waals surface area contributed by atoms with Gasteiger partial charge in [-0.3, -0.25) is 10.00 Å². The van der Waals surface area contributed by atoms with Crippen molar-refractivity contribution in [1.29, 1.82) is 0 Å². The number of nitrogens with zero attached hydrogens (tertiary/aromatic N) is 2. The fourth-order valence-electron chi connectivity index (χ4n) is 2.87. The maximum absolute atomic E-state index is 13.0. The van der Waals surface area contributed by atoms with E-state index >= 15 is 0 Å². The van der Waals surface area contributed by atoms with Crippen molar-refractivity contribution in [3.05, 3.63) is 47.5 Å². The van der Waals surface area contributed by atoms with Crippen LogP contribution in [-0.2, 0) is 9.84 Å². The minimum absolute atomic E-state index is 0.0199. The summed E-state index contributed by atoms with van der Waals surface area (Å²) in [6.45, 7) is 0. The number of hydrogen-bond donors (Lipinski definition) is 2. The van der Waals surface area contributed by atoms with E-state index in [0.29, 0.717) is 22.1 Å². The Morgan fingerprint density at radius 1 is 1.24 bits per heavy atom. The molecule has 0 saturated heterocycles. The van der Waals surface area contributed by atoms with Gasteiger partial charge in [-0.05, 0) is 30.3 Å². The van der Waals surface area contributed by atoms with Crippen LogP contribution in [0.5, 0.6) is 5.75 Å². The van der Waals surface area contributed by atoms with Crippen molar-refractivity contribution < 1.29 is 13.2 Å². The minimum Gasteiger partial charge on any atom is -0.497 e. The third kappa shape index (κ3) is 2.25. The Hall–Kier alpha value is -2.71. The predicted octanol–water partition coefficient (Wildman–Crippen LogP) is 3.27. The van der Waals surface area contributed by atoms with Gasteiger partial charge in [0.05, 0.1) is 23.4 Å². The van der Waals surface area contributed by atoms with Gasteiger partial charge in [0.25, 0.3) is 0 Å². The van der Waals surface area contributed by atoms with Crippen LogP contribution in [0.2, 0.25) is 5.02 Å². The lowest BCUT2D eigenvalue weighted by atomic mass is 10.2. The molecule has 0 aliphatic carbocycles. The number of ether oxygens (including phenoxy) is 1. The first-order valence-electron chi connectivity index (χ1n) is 7.26. The number of nitrogen functional groups attached to an aromatic ring is 1. The van der Waals surface area contributed by atoms with Crippen molar-refractivity contribution in [2.45, 2.75) is 9.79 Å². The summed E-state index contributed by atoms with van der Waals surface area (Å²) in [6, 6.07) is 11.9. The molecular weight excluding hydrogens is 364 g/mol. The zero-order valence-corrected chi connectivity index (χ0v) is 14.6. The molecule has 7 nitrogen and oxygen atoms in total. The fourth-order valence-corrected chi connectivity index (χ4v) is 4.76. The molecule has 0 fully saturated rings. The van der Waals surface area contributed by atoms with E-state index in [1.54, 1.807) is 36.3 Å². The van der Waals surface area contributed by atoms with Gasteiger partial charge in [-0.15, -0.1) is 0 Å². The molecule has 2 aromatic carbocycles. The standard InChI is InChI=1S/C16H13ClN4O3S/c1-24-11-4-2-3-10(8-11)21-12-6-5-9(17)7-13(12)25(22,23)14-15(18)19-20-16(14)21/h2-8H,1H3,(H3,18,19,20). The molecule has 0 spiro atoms. The third-order valence-electron chi connectivity index (χ3n) is 3.97. The summed E-state index contributed by atoms with van der Waals surface area (Å²) in [7, 11) is -2.28. The molecular formula is C16H13ClN4O3S. The van der Waals surface area contributed by atoms with Crippen LogP contribution in [0.15, 0.2) is 52.3 Å². The SMILES string of the molecule is COc1cccc(N2c3ccc(Cl)cc3S(=O)(=O)c3c2n[nH]c3N)c1. The summed E-state index contributed by atoms with van der Waals surface area (Å²) in [5, 5.41) is 6.98. The Morgan fingerprint density at radius 3 is 2.80 bits per heavy atom. The summed E-state index contributed by atoms with van der Waals surface area (Å²) < 4.78 is 31.2. The average Bonchev–Trinajstić information content (AvgIpc) is 2.98. The molecule has 1 aromatic heterocycles. The largest absolute Gasteiger partial charge is 0.497 e. The molecule has 1 aliphatic rings. The maximum atomic E-state index is 13.0. The van der Waals surface area contributed by atoms with Crippen LogP contribution in [0.25, 0.3) is 0 Å². The number of fused-ring (bicyclic) bond motifs is 2. The molecule has 9 heteroatoms. The van der Waals surface area contributed by atoms with E-state index in [9.17, 15) is 8.42 Å². The normalized spacial score (nSPS) is 14.7. The molecule has 0 unspecified atom stereocenters. The first-order valence-corrected chi connectivity index (χ1v) is 9.12. The fraction of sp³-hybridized carbons (Fsp3) is 0.0625. The highest BCUT2D eigenvalue weighted by molar-refractivity contribution is 7.92. The number of anilines is 4. The van der Waals surface area contributed by atoms with E-state index in [-0.39, 0.29) is 21.4 Å². The number of hydrogen-bond acceptors (Lipinski definition) is 6. The van der Waals surface area contributed by atoms with Crippen LogP contribution in [0, 0.1) is 0 Å². The van der Waals surface area contributed by atoms with E-state index in [1.807, 2.05) is 12.1 Å². The van der Waals surface area contributed by atoms with Crippen molar-refractivity contribution in [3.8, 4) is 5.75 Å². The van der Waals surface area contributed by atoms with Gasteiger partial charge in [0.1, 0.15) is 11.6 Å². The van der Waals surface area contributed by atoms with Crippen LogP contribution >= 0.6 is 11.6 Å². The van der Waals surface area contributed by atoms with Crippen molar-refractivity contribution in [2.24, 2.45) is 0 Å². The summed E-state index contributed by atoms with van der Waals surface area (Å²) in [5.41, 5.74) is 6.97. The lowest BCUT2D eigenvalue weighted by Gasteiger charge is -2.30. The Kier molecular flexibility index (Phi) is 3.41. The number of halogens is 1. The van der Waals surface area contributed by atoms with Crippen molar-refractivity contribution in [3.63, 3.8) is 0 Å². The molecule has 0 amide bonds. The number of benzene rings is 2. The molecule has 0 radical (unpaired) electrons. The quantitative estimate of drug-likeness (QED) is 0.556. The first-order chi connectivity index (χ1) is 11.9. The number of nitrogens with two attached hydrogens (primary N) is 1. The Bertz CT molecular complexity index is 1090. The predicted molar refractivity (Wildman–Crippen MR) is 94.7 cm³/mol. The summed E-state index contributed by atoms with van der Waals surface area (Å²) >= 11 is 6.03. The second kappa shape index (κ2) is 5.40. The molecule has 2 heterocycles. The van der Waals surface area contributed by atoms with Crippen LogP contribution in [0.4, 0.5) is 23.0 Å². The number of methoxy groups -OCH3 is 1. The Morgan fingerprint density at radius 2 is 2.04 bits per heavy atom. The third-order valence-corrected chi connectivity index (χ3v) is 6.06. The summed E-state index contributed by atoms with van der Waals surface area (Å²) in [6.07, 6.45) is 0. The Labute approximate surface area is 148 Å². The van der Waals surface area contributed by atoms with E-state index in [0.717, 1.165) is 0 Å². The highest BCUT2D eigenvalue weighted by Gasteiger charge is 2.39. The maximum Gasteiger partial charge on any atom is 0.216 e.